The largest absolute Gasteiger partial charge is 0.388 e. The van der Waals surface area contributed by atoms with Crippen molar-refractivity contribution in [3.05, 3.63) is 59.7 Å². The minimum absolute atomic E-state index is 0.260. The van der Waals surface area contributed by atoms with Gasteiger partial charge in [0.2, 0.25) is 4.96 Å². The van der Waals surface area contributed by atoms with Gasteiger partial charge in [-0.15, -0.1) is 10.2 Å². The Hall–Kier alpha value is -2.03. The second kappa shape index (κ2) is 6.12. The molecule has 24 heavy (non-hydrogen) atoms. The number of para-hydroxylation sites is 1. The van der Waals surface area contributed by atoms with Crippen LogP contribution in [0, 0.1) is 11.6 Å². The van der Waals surface area contributed by atoms with Gasteiger partial charge in [-0.1, -0.05) is 41.3 Å². The average molecular weight is 363 g/mol. The van der Waals surface area contributed by atoms with Crippen molar-refractivity contribution in [1.82, 2.24) is 14.6 Å². The Morgan fingerprint density at radius 2 is 1.96 bits per heavy atom. The summed E-state index contributed by atoms with van der Waals surface area (Å²) in [5, 5.41) is 19.2. The van der Waals surface area contributed by atoms with E-state index in [1.165, 1.54) is 29.2 Å². The Bertz CT molecular complexity index is 1030. The first-order chi connectivity index (χ1) is 11.6. The number of rotatable bonds is 4. The second-order valence-electron chi connectivity index (χ2n) is 5.17. The lowest BCUT2D eigenvalue weighted by Crippen LogP contribution is -2.02. The number of hydrogen-bond donors (Lipinski definition) is 1. The quantitative estimate of drug-likeness (QED) is 0.556. The summed E-state index contributed by atoms with van der Waals surface area (Å²) in [7, 11) is 0. The number of halogens is 2. The highest BCUT2D eigenvalue weighted by Crippen LogP contribution is 2.31. The Morgan fingerprint density at radius 1 is 1.12 bits per heavy atom. The third kappa shape index (κ3) is 2.66. The number of aliphatic hydroxyl groups is 1. The molecule has 8 heteroatoms. The van der Waals surface area contributed by atoms with Crippen molar-refractivity contribution in [2.24, 2.45) is 0 Å². The van der Waals surface area contributed by atoms with Gasteiger partial charge in [-0.3, -0.25) is 4.40 Å². The Labute approximate surface area is 143 Å². The van der Waals surface area contributed by atoms with Crippen molar-refractivity contribution in [2.75, 3.05) is 5.75 Å². The second-order valence-corrected chi connectivity index (χ2v) is 7.17. The van der Waals surface area contributed by atoms with Crippen molar-refractivity contribution in [2.45, 2.75) is 11.3 Å². The van der Waals surface area contributed by atoms with Crippen LogP contribution in [-0.4, -0.2) is 25.5 Å². The molecule has 0 saturated heterocycles. The van der Waals surface area contributed by atoms with Crippen molar-refractivity contribution in [3.8, 4) is 0 Å². The van der Waals surface area contributed by atoms with Crippen LogP contribution in [0.4, 0.5) is 8.78 Å². The highest BCUT2D eigenvalue weighted by atomic mass is 32.2. The van der Waals surface area contributed by atoms with E-state index in [-0.39, 0.29) is 5.75 Å². The highest BCUT2D eigenvalue weighted by Gasteiger charge is 2.16. The Balaban J connectivity index is 1.59. The van der Waals surface area contributed by atoms with E-state index in [0.717, 1.165) is 27.3 Å². The molecule has 0 amide bonds. The summed E-state index contributed by atoms with van der Waals surface area (Å²) in [4.78, 5) is 0.779. The normalized spacial score (nSPS) is 13.0. The molecule has 0 aliphatic heterocycles. The van der Waals surface area contributed by atoms with Crippen molar-refractivity contribution >= 4 is 38.3 Å². The summed E-state index contributed by atoms with van der Waals surface area (Å²) >= 11 is 2.86. The van der Waals surface area contributed by atoms with Gasteiger partial charge in [0.1, 0.15) is 0 Å². The van der Waals surface area contributed by atoms with E-state index in [1.807, 2.05) is 28.7 Å². The van der Waals surface area contributed by atoms with Gasteiger partial charge in [0.15, 0.2) is 16.8 Å². The number of nitrogens with zero attached hydrogens (tertiary/aromatic N) is 3. The lowest BCUT2D eigenvalue weighted by Gasteiger charge is -2.10. The summed E-state index contributed by atoms with van der Waals surface area (Å²) in [6.07, 6.45) is -0.928. The number of aromatic nitrogens is 3. The molecular formula is C16H11F2N3OS2. The first-order valence-corrected chi connectivity index (χ1v) is 8.92. The molecule has 0 aliphatic rings. The zero-order chi connectivity index (χ0) is 16.7. The molecule has 122 valence electrons. The maximum atomic E-state index is 13.3. The number of hydrogen-bond acceptors (Lipinski definition) is 5. The van der Waals surface area contributed by atoms with Crippen molar-refractivity contribution in [3.63, 3.8) is 0 Å². The van der Waals surface area contributed by atoms with E-state index < -0.39 is 17.7 Å². The molecule has 4 rings (SSSR count). The molecular weight excluding hydrogens is 352 g/mol. The molecule has 1 N–H and O–H groups in total. The van der Waals surface area contributed by atoms with Crippen molar-refractivity contribution < 1.29 is 13.9 Å². The summed E-state index contributed by atoms with van der Waals surface area (Å²) in [5.74, 6) is -1.64. The SMILES string of the molecule is OC(CSc1nnc2sc3ccccc3n12)c1ccc(F)c(F)c1. The minimum Gasteiger partial charge on any atom is -0.388 e. The van der Waals surface area contributed by atoms with Gasteiger partial charge in [-0.05, 0) is 29.8 Å². The summed E-state index contributed by atoms with van der Waals surface area (Å²) in [6.45, 7) is 0. The molecule has 1 unspecified atom stereocenters. The fraction of sp³-hybridized carbons (Fsp3) is 0.125. The van der Waals surface area contributed by atoms with Crippen LogP contribution in [0.1, 0.15) is 11.7 Å². The number of benzene rings is 2. The molecule has 0 aliphatic carbocycles. The van der Waals surface area contributed by atoms with Gasteiger partial charge in [-0.2, -0.15) is 0 Å². The monoisotopic (exact) mass is 363 g/mol. The first-order valence-electron chi connectivity index (χ1n) is 7.12. The average Bonchev–Trinajstić information content (AvgIpc) is 3.14. The van der Waals surface area contributed by atoms with Crippen LogP contribution in [-0.2, 0) is 0 Å². The van der Waals surface area contributed by atoms with Gasteiger partial charge in [0, 0.05) is 5.75 Å². The van der Waals surface area contributed by atoms with Gasteiger partial charge in [0.05, 0.1) is 16.3 Å². The molecule has 4 nitrogen and oxygen atoms in total. The smallest absolute Gasteiger partial charge is 0.217 e. The lowest BCUT2D eigenvalue weighted by molar-refractivity contribution is 0.203. The van der Waals surface area contributed by atoms with Crippen molar-refractivity contribution in [1.29, 1.82) is 0 Å². The summed E-state index contributed by atoms with van der Waals surface area (Å²) < 4.78 is 29.3. The third-order valence-corrected chi connectivity index (χ3v) is 5.63. The summed E-state index contributed by atoms with van der Waals surface area (Å²) in [6, 6.07) is 11.3. The molecule has 1 atom stereocenters. The van der Waals surface area contributed by atoms with Gasteiger partial charge < -0.3 is 5.11 Å². The topological polar surface area (TPSA) is 50.4 Å². The van der Waals surface area contributed by atoms with Crippen LogP contribution < -0.4 is 0 Å². The predicted molar refractivity (Wildman–Crippen MR) is 90.4 cm³/mol. The molecule has 0 radical (unpaired) electrons. The minimum atomic E-state index is -0.967. The Morgan fingerprint density at radius 3 is 2.79 bits per heavy atom. The number of thiazole rings is 1. The molecule has 2 heterocycles. The van der Waals surface area contributed by atoms with Crippen LogP contribution in [0.25, 0.3) is 15.2 Å². The van der Waals surface area contributed by atoms with E-state index >= 15 is 0 Å². The molecule has 2 aromatic carbocycles. The highest BCUT2D eigenvalue weighted by molar-refractivity contribution is 7.99. The van der Waals surface area contributed by atoms with E-state index in [4.69, 9.17) is 0 Å². The van der Waals surface area contributed by atoms with Gasteiger partial charge >= 0.3 is 0 Å². The molecule has 0 bridgehead atoms. The molecule has 0 saturated carbocycles. The number of aliphatic hydroxyl groups excluding tert-OH is 1. The van der Waals surface area contributed by atoms with E-state index in [0.29, 0.717) is 10.7 Å². The molecule has 4 aromatic rings. The Kier molecular flexibility index (Phi) is 3.95. The maximum Gasteiger partial charge on any atom is 0.217 e. The van der Waals surface area contributed by atoms with Gasteiger partial charge in [-0.25, -0.2) is 8.78 Å². The van der Waals surface area contributed by atoms with Crippen LogP contribution in [0.15, 0.2) is 47.6 Å². The first kappa shape index (κ1) is 15.5. The van der Waals surface area contributed by atoms with E-state index in [9.17, 15) is 13.9 Å². The standard InChI is InChI=1S/C16H11F2N3OS2/c17-10-6-5-9(7-11(10)18)13(22)8-23-15-19-20-16-21(15)12-3-1-2-4-14(12)24-16/h1-7,13,22H,8H2. The zero-order valence-electron chi connectivity index (χ0n) is 12.2. The van der Waals surface area contributed by atoms with E-state index in [1.54, 1.807) is 0 Å². The fourth-order valence-electron chi connectivity index (χ4n) is 2.42. The third-order valence-electron chi connectivity index (χ3n) is 3.61. The van der Waals surface area contributed by atoms with Crippen LogP contribution in [0.5, 0.6) is 0 Å². The van der Waals surface area contributed by atoms with Crippen LogP contribution >= 0.6 is 23.1 Å². The lowest BCUT2D eigenvalue weighted by atomic mass is 10.1. The number of fused-ring (bicyclic) bond motifs is 3. The van der Waals surface area contributed by atoms with E-state index in [2.05, 4.69) is 10.2 Å². The maximum absolute atomic E-state index is 13.3. The molecule has 0 spiro atoms. The van der Waals surface area contributed by atoms with Crippen LogP contribution in [0.3, 0.4) is 0 Å². The zero-order valence-corrected chi connectivity index (χ0v) is 13.8. The molecule has 0 fully saturated rings. The number of thioether (sulfide) groups is 1. The molecule has 2 aromatic heterocycles. The predicted octanol–water partition coefficient (Wildman–Crippen LogP) is 4.05. The van der Waals surface area contributed by atoms with Crippen LogP contribution in [0.2, 0.25) is 0 Å². The summed E-state index contributed by atoms with van der Waals surface area (Å²) in [5.41, 5.74) is 1.34. The van der Waals surface area contributed by atoms with Gasteiger partial charge in [0.25, 0.3) is 0 Å². The fourth-order valence-corrected chi connectivity index (χ4v) is 4.35.